The number of hydrogen-bond acceptors (Lipinski definition) is 6. The second kappa shape index (κ2) is 12.8. The largest absolute Gasteiger partial charge is 0.454 e. The fraction of sp³-hybridized carbons (Fsp3) is 0.481. The van der Waals surface area contributed by atoms with E-state index in [0.29, 0.717) is 36.6 Å². The number of carbonyl (C=O) groups is 2. The Morgan fingerprint density at radius 2 is 1.73 bits per heavy atom. The van der Waals surface area contributed by atoms with E-state index in [4.69, 9.17) is 9.47 Å². The average Bonchev–Trinajstić information content (AvgIpc) is 3.34. The first-order valence-electron chi connectivity index (χ1n) is 12.6. The molecule has 1 heterocycles. The molecule has 3 rings (SSSR count). The SMILES string of the molecule is CC[C@H](C)NC(=O)[C@@H](C)N(CCc1ccccc1)C(=O)CCCN(c1ccc2c(c1)OCO2)S(C)(=O)=O. The minimum atomic E-state index is -3.60. The van der Waals surface area contributed by atoms with Crippen molar-refractivity contribution < 1.29 is 27.5 Å². The van der Waals surface area contributed by atoms with Gasteiger partial charge in [-0.25, -0.2) is 8.42 Å². The second-order valence-electron chi connectivity index (χ2n) is 9.29. The number of ether oxygens (including phenoxy) is 2. The van der Waals surface area contributed by atoms with Crippen LogP contribution in [0.15, 0.2) is 48.5 Å². The minimum Gasteiger partial charge on any atom is -0.454 e. The van der Waals surface area contributed by atoms with E-state index in [1.54, 1.807) is 30.0 Å². The molecule has 202 valence electrons. The standard InChI is InChI=1S/C27H37N3O6S/c1-5-20(2)28-27(32)21(3)29(17-15-22-10-7-6-8-11-22)26(31)12-9-16-30(37(4,33)34)23-13-14-24-25(18-23)36-19-35-24/h6-8,10-11,13-14,18,20-21H,5,9,12,15-17,19H2,1-4H3,(H,28,32)/t20-,21+/m0/s1. The van der Waals surface area contributed by atoms with Crippen LogP contribution in [0.25, 0.3) is 0 Å². The van der Waals surface area contributed by atoms with Crippen molar-refractivity contribution in [1.29, 1.82) is 0 Å². The summed E-state index contributed by atoms with van der Waals surface area (Å²) in [5.41, 5.74) is 1.52. The van der Waals surface area contributed by atoms with Crippen molar-refractivity contribution in [3.8, 4) is 11.5 Å². The fourth-order valence-electron chi connectivity index (χ4n) is 4.08. The smallest absolute Gasteiger partial charge is 0.242 e. The van der Waals surface area contributed by atoms with Crippen LogP contribution >= 0.6 is 0 Å². The van der Waals surface area contributed by atoms with Crippen LogP contribution in [0.3, 0.4) is 0 Å². The number of amides is 2. The van der Waals surface area contributed by atoms with Gasteiger partial charge in [0.05, 0.1) is 11.9 Å². The quantitative estimate of drug-likeness (QED) is 0.425. The van der Waals surface area contributed by atoms with Crippen LogP contribution < -0.4 is 19.1 Å². The highest BCUT2D eigenvalue weighted by molar-refractivity contribution is 7.92. The molecule has 1 aliphatic rings. The Morgan fingerprint density at radius 1 is 1.03 bits per heavy atom. The maximum absolute atomic E-state index is 13.3. The highest BCUT2D eigenvalue weighted by Crippen LogP contribution is 2.36. The van der Waals surface area contributed by atoms with E-state index >= 15 is 0 Å². The van der Waals surface area contributed by atoms with Gasteiger partial charge in [0.2, 0.25) is 28.6 Å². The molecule has 0 aromatic heterocycles. The van der Waals surface area contributed by atoms with E-state index in [9.17, 15) is 18.0 Å². The van der Waals surface area contributed by atoms with Gasteiger partial charge in [0, 0.05) is 31.6 Å². The molecule has 0 spiro atoms. The third-order valence-electron chi connectivity index (χ3n) is 6.45. The summed E-state index contributed by atoms with van der Waals surface area (Å²) in [6.07, 6.45) is 2.93. The molecule has 1 aliphatic heterocycles. The highest BCUT2D eigenvalue weighted by Gasteiger charge is 2.27. The van der Waals surface area contributed by atoms with E-state index in [1.807, 2.05) is 44.2 Å². The number of fused-ring (bicyclic) bond motifs is 1. The first-order valence-corrected chi connectivity index (χ1v) is 14.5. The van der Waals surface area contributed by atoms with Gasteiger partial charge in [-0.05, 0) is 50.8 Å². The molecule has 1 N–H and O–H groups in total. The van der Waals surface area contributed by atoms with Crippen LogP contribution in [0, 0.1) is 0 Å². The Balaban J connectivity index is 1.69. The van der Waals surface area contributed by atoms with Gasteiger partial charge in [0.25, 0.3) is 0 Å². The molecule has 0 bridgehead atoms. The molecule has 0 saturated carbocycles. The number of nitrogens with zero attached hydrogens (tertiary/aromatic N) is 2. The zero-order valence-electron chi connectivity index (χ0n) is 22.0. The number of carbonyl (C=O) groups excluding carboxylic acids is 2. The predicted octanol–water partition coefficient (Wildman–Crippen LogP) is 3.34. The number of rotatable bonds is 13. The first kappa shape index (κ1) is 28.3. The lowest BCUT2D eigenvalue weighted by atomic mass is 10.1. The average molecular weight is 532 g/mol. The van der Waals surface area contributed by atoms with Crippen molar-refractivity contribution in [2.45, 2.75) is 58.5 Å². The van der Waals surface area contributed by atoms with Crippen LogP contribution in [0.5, 0.6) is 11.5 Å². The maximum Gasteiger partial charge on any atom is 0.242 e. The molecule has 37 heavy (non-hydrogen) atoms. The fourth-order valence-corrected chi connectivity index (χ4v) is 5.04. The van der Waals surface area contributed by atoms with Gasteiger partial charge in [-0.1, -0.05) is 37.3 Å². The zero-order chi connectivity index (χ0) is 27.0. The van der Waals surface area contributed by atoms with Gasteiger partial charge in [0.1, 0.15) is 6.04 Å². The normalized spacial score (nSPS) is 14.1. The molecular weight excluding hydrogens is 494 g/mol. The summed E-state index contributed by atoms with van der Waals surface area (Å²) < 4.78 is 37.0. The summed E-state index contributed by atoms with van der Waals surface area (Å²) in [4.78, 5) is 27.8. The Morgan fingerprint density at radius 3 is 2.41 bits per heavy atom. The summed E-state index contributed by atoms with van der Waals surface area (Å²) in [6, 6.07) is 14.1. The Kier molecular flexibility index (Phi) is 9.79. The molecule has 0 aliphatic carbocycles. The van der Waals surface area contributed by atoms with Gasteiger partial charge in [-0.15, -0.1) is 0 Å². The number of benzene rings is 2. The van der Waals surface area contributed by atoms with Crippen LogP contribution in [-0.4, -0.2) is 63.4 Å². The lowest BCUT2D eigenvalue weighted by Gasteiger charge is -2.30. The Bertz CT molecular complexity index is 1170. The van der Waals surface area contributed by atoms with Crippen LogP contribution in [0.2, 0.25) is 0 Å². The van der Waals surface area contributed by atoms with Gasteiger partial charge in [-0.2, -0.15) is 0 Å². The molecule has 9 nitrogen and oxygen atoms in total. The van der Waals surface area contributed by atoms with Gasteiger partial charge in [0.15, 0.2) is 11.5 Å². The molecular formula is C27H37N3O6S. The van der Waals surface area contributed by atoms with E-state index in [2.05, 4.69) is 5.32 Å². The number of anilines is 1. The minimum absolute atomic E-state index is 0.00560. The van der Waals surface area contributed by atoms with Gasteiger partial charge in [-0.3, -0.25) is 13.9 Å². The molecule has 0 fully saturated rings. The monoisotopic (exact) mass is 531 g/mol. The first-order chi connectivity index (χ1) is 17.6. The summed E-state index contributed by atoms with van der Waals surface area (Å²) >= 11 is 0. The summed E-state index contributed by atoms with van der Waals surface area (Å²) in [7, 11) is -3.60. The lowest BCUT2D eigenvalue weighted by Crippen LogP contribution is -2.50. The van der Waals surface area contributed by atoms with Crippen LogP contribution in [-0.2, 0) is 26.0 Å². The van der Waals surface area contributed by atoms with Crippen molar-refractivity contribution in [2.24, 2.45) is 0 Å². The number of nitrogens with one attached hydrogen (secondary N) is 1. The van der Waals surface area contributed by atoms with Crippen molar-refractivity contribution in [3.05, 3.63) is 54.1 Å². The van der Waals surface area contributed by atoms with Crippen molar-refractivity contribution >= 4 is 27.5 Å². The summed E-state index contributed by atoms with van der Waals surface area (Å²) in [5, 5.41) is 2.96. The van der Waals surface area contributed by atoms with Crippen molar-refractivity contribution in [3.63, 3.8) is 0 Å². The van der Waals surface area contributed by atoms with E-state index < -0.39 is 16.1 Å². The van der Waals surface area contributed by atoms with Gasteiger partial charge < -0.3 is 19.7 Å². The third-order valence-corrected chi connectivity index (χ3v) is 7.64. The van der Waals surface area contributed by atoms with Crippen LogP contribution in [0.1, 0.15) is 45.6 Å². The molecule has 2 aromatic rings. The third kappa shape index (κ3) is 7.85. The maximum atomic E-state index is 13.3. The topological polar surface area (TPSA) is 105 Å². The highest BCUT2D eigenvalue weighted by atomic mass is 32.2. The predicted molar refractivity (Wildman–Crippen MR) is 143 cm³/mol. The molecule has 0 unspecified atom stereocenters. The molecule has 0 saturated heterocycles. The van der Waals surface area contributed by atoms with Gasteiger partial charge >= 0.3 is 0 Å². The van der Waals surface area contributed by atoms with Crippen LogP contribution in [0.4, 0.5) is 5.69 Å². The Labute approximate surface area is 219 Å². The summed E-state index contributed by atoms with van der Waals surface area (Å²) in [5.74, 6) is 0.650. The molecule has 10 heteroatoms. The van der Waals surface area contributed by atoms with Crippen molar-refractivity contribution in [2.75, 3.05) is 30.4 Å². The molecule has 0 radical (unpaired) electrons. The Hall–Kier alpha value is -3.27. The van der Waals surface area contributed by atoms with E-state index in [-0.39, 0.29) is 37.6 Å². The lowest BCUT2D eigenvalue weighted by molar-refractivity contribution is -0.140. The second-order valence-corrected chi connectivity index (χ2v) is 11.2. The van der Waals surface area contributed by atoms with E-state index in [1.165, 1.54) is 4.31 Å². The number of sulfonamides is 1. The van der Waals surface area contributed by atoms with E-state index in [0.717, 1.165) is 18.2 Å². The molecule has 2 aromatic carbocycles. The number of hydrogen-bond donors (Lipinski definition) is 1. The molecule has 2 atom stereocenters. The van der Waals surface area contributed by atoms with Crippen molar-refractivity contribution in [1.82, 2.24) is 10.2 Å². The molecule has 2 amide bonds. The summed E-state index contributed by atoms with van der Waals surface area (Å²) in [6.45, 7) is 6.24. The zero-order valence-corrected chi connectivity index (χ0v) is 22.8.